The van der Waals surface area contributed by atoms with Crippen molar-refractivity contribution in [3.63, 3.8) is 0 Å². The molecule has 2 aromatic rings. The van der Waals surface area contributed by atoms with Crippen molar-refractivity contribution in [2.24, 2.45) is 0 Å². The van der Waals surface area contributed by atoms with Crippen molar-refractivity contribution in [2.45, 2.75) is 19.0 Å². The fourth-order valence-corrected chi connectivity index (χ4v) is 3.70. The Bertz CT molecular complexity index is 744. The zero-order valence-corrected chi connectivity index (χ0v) is 14.9. The van der Waals surface area contributed by atoms with Crippen molar-refractivity contribution >= 4 is 29.9 Å². The van der Waals surface area contributed by atoms with Gasteiger partial charge in [-0.25, -0.2) is 0 Å². The average molecular weight is 363 g/mol. The quantitative estimate of drug-likeness (QED) is 0.813. The third kappa shape index (κ3) is 3.16. The molecule has 4 rings (SSSR count). The van der Waals surface area contributed by atoms with Crippen LogP contribution >= 0.6 is 24.0 Å². The van der Waals surface area contributed by atoms with Gasteiger partial charge in [-0.3, -0.25) is 9.69 Å². The summed E-state index contributed by atoms with van der Waals surface area (Å²) in [5.41, 5.74) is 3.50. The lowest BCUT2D eigenvalue weighted by atomic mass is 9.96. The van der Waals surface area contributed by atoms with Crippen molar-refractivity contribution in [3.05, 3.63) is 70.2 Å². The topological polar surface area (TPSA) is 23.6 Å². The van der Waals surface area contributed by atoms with Crippen molar-refractivity contribution in [1.82, 2.24) is 9.80 Å². The molecule has 3 nitrogen and oxygen atoms in total. The van der Waals surface area contributed by atoms with E-state index in [1.54, 1.807) is 12.1 Å². The molecule has 0 aliphatic carbocycles. The van der Waals surface area contributed by atoms with Crippen molar-refractivity contribution in [1.29, 1.82) is 0 Å². The Morgan fingerprint density at radius 3 is 2.42 bits per heavy atom. The van der Waals surface area contributed by atoms with Crippen LogP contribution in [-0.2, 0) is 13.0 Å². The number of fused-ring (bicyclic) bond motifs is 1. The van der Waals surface area contributed by atoms with Crippen LogP contribution < -0.4 is 0 Å². The Labute approximate surface area is 153 Å². The lowest BCUT2D eigenvalue weighted by Crippen LogP contribution is -2.61. The van der Waals surface area contributed by atoms with Gasteiger partial charge < -0.3 is 4.90 Å². The van der Waals surface area contributed by atoms with E-state index in [2.05, 4.69) is 29.2 Å². The maximum Gasteiger partial charge on any atom is 0.255 e. The maximum atomic E-state index is 12.5. The monoisotopic (exact) mass is 362 g/mol. The molecule has 1 fully saturated rings. The molecule has 2 aliphatic rings. The second kappa shape index (κ2) is 7.14. The average Bonchev–Trinajstić information content (AvgIpc) is 2.53. The first kappa shape index (κ1) is 17.3. The van der Waals surface area contributed by atoms with Gasteiger partial charge in [-0.2, -0.15) is 0 Å². The lowest BCUT2D eigenvalue weighted by molar-refractivity contribution is 0.0218. The fraction of sp³-hybridized carbons (Fsp3) is 0.316. The van der Waals surface area contributed by atoms with E-state index < -0.39 is 0 Å². The van der Waals surface area contributed by atoms with Crippen molar-refractivity contribution in [3.8, 4) is 0 Å². The van der Waals surface area contributed by atoms with Crippen LogP contribution in [0.3, 0.4) is 0 Å². The number of amides is 1. The first-order valence-electron chi connectivity index (χ1n) is 8.07. The van der Waals surface area contributed by atoms with Gasteiger partial charge >= 0.3 is 0 Å². The number of carbonyl (C=O) groups is 1. The summed E-state index contributed by atoms with van der Waals surface area (Å²) in [6.45, 7) is 3.67. The molecule has 2 aliphatic heterocycles. The van der Waals surface area contributed by atoms with Crippen LogP contribution in [0, 0.1) is 0 Å². The molecule has 126 valence electrons. The van der Waals surface area contributed by atoms with Gasteiger partial charge in [0.15, 0.2) is 0 Å². The predicted octanol–water partition coefficient (Wildman–Crippen LogP) is 3.64. The third-order valence-corrected chi connectivity index (χ3v) is 5.26. The van der Waals surface area contributed by atoms with Gasteiger partial charge in [0.25, 0.3) is 5.91 Å². The first-order chi connectivity index (χ1) is 11.2. The van der Waals surface area contributed by atoms with Gasteiger partial charge in [-0.1, -0.05) is 48.0 Å². The summed E-state index contributed by atoms with van der Waals surface area (Å²) in [5, 5.41) is 0.535. The number of likely N-dealkylation sites (tertiary alicyclic amines) is 1. The minimum absolute atomic E-state index is 0. The highest BCUT2D eigenvalue weighted by molar-refractivity contribution is 6.33. The van der Waals surface area contributed by atoms with Crippen LogP contribution in [0.5, 0.6) is 0 Å². The molecule has 0 bridgehead atoms. The Kier molecular flexibility index (Phi) is 5.14. The fourth-order valence-electron chi connectivity index (χ4n) is 3.49. The van der Waals surface area contributed by atoms with Gasteiger partial charge in [0.05, 0.1) is 10.6 Å². The van der Waals surface area contributed by atoms with Crippen LogP contribution in [0.1, 0.15) is 21.5 Å². The molecule has 0 spiro atoms. The number of carbonyl (C=O) groups excluding carboxylic acids is 1. The summed E-state index contributed by atoms with van der Waals surface area (Å²) in [6, 6.07) is 16.4. The summed E-state index contributed by atoms with van der Waals surface area (Å²) in [4.78, 5) is 16.9. The van der Waals surface area contributed by atoms with E-state index in [0.717, 1.165) is 32.6 Å². The van der Waals surface area contributed by atoms with E-state index in [1.165, 1.54) is 11.1 Å². The highest BCUT2D eigenvalue weighted by Gasteiger charge is 2.36. The third-order valence-electron chi connectivity index (χ3n) is 4.93. The maximum absolute atomic E-state index is 12.5. The van der Waals surface area contributed by atoms with Gasteiger partial charge in [0, 0.05) is 32.2 Å². The van der Waals surface area contributed by atoms with E-state index in [0.29, 0.717) is 16.6 Å². The van der Waals surface area contributed by atoms with E-state index in [9.17, 15) is 4.79 Å². The summed E-state index contributed by atoms with van der Waals surface area (Å²) in [5.74, 6) is 0.0456. The molecule has 1 amide bonds. The van der Waals surface area contributed by atoms with E-state index in [-0.39, 0.29) is 18.3 Å². The second-order valence-electron chi connectivity index (χ2n) is 6.33. The highest BCUT2D eigenvalue weighted by Crippen LogP contribution is 2.26. The molecular weight excluding hydrogens is 343 g/mol. The number of hydrogen-bond donors (Lipinski definition) is 0. The SMILES string of the molecule is Cl.O=C(c1ccccc1Cl)N1CC(N2CCc3ccccc3C2)C1. The molecule has 1 saturated heterocycles. The smallest absolute Gasteiger partial charge is 0.255 e. The van der Waals surface area contributed by atoms with E-state index in [1.807, 2.05) is 17.0 Å². The lowest BCUT2D eigenvalue weighted by Gasteiger charge is -2.47. The standard InChI is InChI=1S/C19H19ClN2O.ClH/c20-18-8-4-3-7-17(18)19(23)22-12-16(13-22)21-10-9-14-5-1-2-6-15(14)11-21;/h1-8,16H,9-13H2;1H. The summed E-state index contributed by atoms with van der Waals surface area (Å²) in [6.07, 6.45) is 1.10. The number of nitrogens with zero attached hydrogens (tertiary/aromatic N) is 2. The van der Waals surface area contributed by atoms with Gasteiger partial charge in [0.2, 0.25) is 0 Å². The second-order valence-corrected chi connectivity index (χ2v) is 6.74. The first-order valence-corrected chi connectivity index (χ1v) is 8.45. The zero-order chi connectivity index (χ0) is 15.8. The van der Waals surface area contributed by atoms with Gasteiger partial charge in [-0.05, 0) is 29.7 Å². The van der Waals surface area contributed by atoms with Crippen LogP contribution in [0.4, 0.5) is 0 Å². The van der Waals surface area contributed by atoms with Crippen LogP contribution in [0.25, 0.3) is 0 Å². The molecule has 2 heterocycles. The molecule has 0 saturated carbocycles. The summed E-state index contributed by atoms with van der Waals surface area (Å²) in [7, 11) is 0. The van der Waals surface area contributed by atoms with E-state index in [4.69, 9.17) is 11.6 Å². The highest BCUT2D eigenvalue weighted by atomic mass is 35.5. The minimum atomic E-state index is 0. The van der Waals surface area contributed by atoms with Crippen molar-refractivity contribution < 1.29 is 4.79 Å². The number of halogens is 2. The van der Waals surface area contributed by atoms with Gasteiger partial charge in [-0.15, -0.1) is 12.4 Å². The minimum Gasteiger partial charge on any atom is -0.335 e. The van der Waals surface area contributed by atoms with Crippen LogP contribution in [-0.4, -0.2) is 41.4 Å². The normalized spacial score (nSPS) is 17.6. The molecule has 0 unspecified atom stereocenters. The molecule has 0 aromatic heterocycles. The Balaban J connectivity index is 0.00000169. The summed E-state index contributed by atoms with van der Waals surface area (Å²) >= 11 is 6.13. The molecule has 5 heteroatoms. The Hall–Kier alpha value is -1.55. The van der Waals surface area contributed by atoms with E-state index >= 15 is 0 Å². The number of benzene rings is 2. The number of hydrogen-bond acceptors (Lipinski definition) is 2. The largest absolute Gasteiger partial charge is 0.335 e. The molecule has 0 atom stereocenters. The van der Waals surface area contributed by atoms with Gasteiger partial charge in [0.1, 0.15) is 0 Å². The Morgan fingerprint density at radius 1 is 1.00 bits per heavy atom. The molecule has 0 N–H and O–H groups in total. The molecule has 0 radical (unpaired) electrons. The molecule has 24 heavy (non-hydrogen) atoms. The predicted molar refractivity (Wildman–Crippen MR) is 98.9 cm³/mol. The van der Waals surface area contributed by atoms with Crippen LogP contribution in [0.15, 0.2) is 48.5 Å². The Morgan fingerprint density at radius 2 is 1.67 bits per heavy atom. The zero-order valence-electron chi connectivity index (χ0n) is 13.3. The summed E-state index contributed by atoms with van der Waals surface area (Å²) < 4.78 is 0. The molecular formula is C19H20Cl2N2O. The van der Waals surface area contributed by atoms with Crippen molar-refractivity contribution in [2.75, 3.05) is 19.6 Å². The number of rotatable bonds is 2. The molecule has 2 aromatic carbocycles. The van der Waals surface area contributed by atoms with Crippen LogP contribution in [0.2, 0.25) is 5.02 Å².